The van der Waals surface area contributed by atoms with Gasteiger partial charge in [0, 0.05) is 5.52 Å². The molecule has 0 aliphatic carbocycles. The minimum absolute atomic E-state index is 0. The molecule has 0 amide bonds. The van der Waals surface area contributed by atoms with Crippen molar-refractivity contribution in [3.63, 3.8) is 0 Å². The summed E-state index contributed by atoms with van der Waals surface area (Å²) in [7, 11) is 0.764. The summed E-state index contributed by atoms with van der Waals surface area (Å²) in [6, 6.07) is 10.6. The van der Waals surface area contributed by atoms with Crippen LogP contribution in [-0.4, -0.2) is 5.52 Å². The van der Waals surface area contributed by atoms with Gasteiger partial charge in [0.05, 0.1) is 0 Å². The molecular weight excluding hydrogens is 306 g/mol. The minimum atomic E-state index is 0. The molecule has 0 heterocycles. The van der Waals surface area contributed by atoms with Gasteiger partial charge in [-0.3, -0.25) is 0 Å². The zero-order valence-corrected chi connectivity index (χ0v) is 17.1. The molecule has 0 N–H and O–H groups in total. The molecule has 0 saturated heterocycles. The number of carbonyl (C=O) groups is 1. The average molecular weight is 332 g/mol. The fourth-order valence-corrected chi connectivity index (χ4v) is 3.94. The van der Waals surface area contributed by atoms with Crippen molar-refractivity contribution in [2.45, 2.75) is 53.9 Å². The quantitative estimate of drug-likeness (QED) is 0.624. The molecule has 0 saturated carbocycles. The third kappa shape index (κ3) is 4.83. The number of carbonyl (C=O) groups excluding carboxylic acids is 1. The zero-order valence-electron chi connectivity index (χ0n) is 16.2. The second kappa shape index (κ2) is 8.01. The fraction of sp³-hybridized carbons (Fsp3) is 0.381. The van der Waals surface area contributed by atoms with Gasteiger partial charge < -0.3 is 13.4 Å². The van der Waals surface area contributed by atoms with Crippen LogP contribution in [0.1, 0.15) is 58.9 Å². The number of hydrogen-bond acceptors (Lipinski definition) is 1. The van der Waals surface area contributed by atoms with E-state index < -0.39 is 0 Å². The van der Waals surface area contributed by atoms with Gasteiger partial charge in [0.2, 0.25) is 0 Å². The summed E-state index contributed by atoms with van der Waals surface area (Å²) in [5.74, 6) is 0. The molecule has 0 spiro atoms. The van der Waals surface area contributed by atoms with Gasteiger partial charge in [-0.25, -0.2) is 0 Å². The molecule has 0 atom stereocenters. The van der Waals surface area contributed by atoms with Crippen molar-refractivity contribution in [2.75, 3.05) is 0 Å². The Balaban J connectivity index is 0.00000288. The van der Waals surface area contributed by atoms with E-state index in [1.165, 1.54) is 16.7 Å². The summed E-state index contributed by atoms with van der Waals surface area (Å²) in [6.45, 7) is 14.8. The predicted octanol–water partition coefficient (Wildman–Crippen LogP) is 2.63. The molecule has 0 aromatic heterocycles. The van der Waals surface area contributed by atoms with Crippen LogP contribution in [-0.2, 0) is 5.41 Å². The maximum atomic E-state index is 12.9. The van der Waals surface area contributed by atoms with Crippen LogP contribution in [0, 0.1) is 27.7 Å². The summed E-state index contributed by atoms with van der Waals surface area (Å²) in [5, 5.41) is 1.11. The van der Waals surface area contributed by atoms with Gasteiger partial charge in [-0.05, 0) is 55.4 Å². The zero-order chi connectivity index (χ0) is 17.4. The number of aryl methyl sites for hydroxylation is 4. The van der Waals surface area contributed by atoms with E-state index in [4.69, 9.17) is 0 Å². The van der Waals surface area contributed by atoms with E-state index in [1.54, 1.807) is 0 Å². The molecule has 1 nitrogen and oxygen atoms in total. The number of rotatable bonds is 3. The van der Waals surface area contributed by atoms with Gasteiger partial charge in [0.1, 0.15) is 0 Å². The average Bonchev–Trinajstić information content (AvgIpc) is 2.41. The molecule has 0 aliphatic rings. The standard InChI is InChI=1S/C21H26OP.Li/c1-13-8-9-14(2)18(10-13)23-20(22)19-15(3)11-17(12-16(19)4)21(5,6)7;/h8-12H,1-7H3;/q-1;+1. The molecule has 0 unspecified atom stereocenters. The smallest absolute Gasteiger partial charge is 0.426 e. The first kappa shape index (κ1) is 21.2. The molecule has 2 aromatic carbocycles. The van der Waals surface area contributed by atoms with Crippen LogP contribution >= 0.6 is 8.58 Å². The van der Waals surface area contributed by atoms with Gasteiger partial charge >= 0.3 is 18.9 Å². The molecule has 24 heavy (non-hydrogen) atoms. The van der Waals surface area contributed by atoms with E-state index in [-0.39, 0.29) is 29.8 Å². The van der Waals surface area contributed by atoms with E-state index in [0.29, 0.717) is 0 Å². The second-order valence-corrected chi connectivity index (χ2v) is 8.55. The van der Waals surface area contributed by atoms with E-state index in [0.717, 1.165) is 30.6 Å². The molecule has 0 radical (unpaired) electrons. The van der Waals surface area contributed by atoms with Crippen LogP contribution in [0.5, 0.6) is 0 Å². The van der Waals surface area contributed by atoms with Gasteiger partial charge in [0.15, 0.2) is 0 Å². The Kier molecular flexibility index (Phi) is 7.07. The first-order chi connectivity index (χ1) is 10.6. The molecule has 3 heteroatoms. The van der Waals surface area contributed by atoms with Gasteiger partial charge in [-0.2, -0.15) is 5.30 Å². The Morgan fingerprint density at radius 2 is 1.42 bits per heavy atom. The van der Waals surface area contributed by atoms with Crippen LogP contribution in [0.2, 0.25) is 0 Å². The number of hydrogen-bond donors (Lipinski definition) is 0. The van der Waals surface area contributed by atoms with Gasteiger partial charge in [0.25, 0.3) is 0 Å². The molecule has 2 aromatic rings. The Morgan fingerprint density at radius 3 is 1.92 bits per heavy atom. The van der Waals surface area contributed by atoms with Gasteiger partial charge in [-0.1, -0.05) is 62.2 Å². The van der Waals surface area contributed by atoms with Crippen molar-refractivity contribution in [2.24, 2.45) is 0 Å². The van der Waals surface area contributed by atoms with E-state index in [1.807, 2.05) is 13.8 Å². The van der Waals surface area contributed by atoms with Crippen molar-refractivity contribution in [1.82, 2.24) is 0 Å². The van der Waals surface area contributed by atoms with Crippen LogP contribution < -0.4 is 24.2 Å². The summed E-state index contributed by atoms with van der Waals surface area (Å²) < 4.78 is 0. The van der Waals surface area contributed by atoms with Crippen molar-refractivity contribution < 1.29 is 23.7 Å². The maximum Gasteiger partial charge on any atom is 1.00 e. The van der Waals surface area contributed by atoms with Crippen molar-refractivity contribution in [3.8, 4) is 0 Å². The fourth-order valence-electron chi connectivity index (χ4n) is 2.74. The molecule has 0 aliphatic heterocycles. The topological polar surface area (TPSA) is 17.1 Å². The third-order valence-corrected chi connectivity index (χ3v) is 5.35. The van der Waals surface area contributed by atoms with E-state index in [9.17, 15) is 4.79 Å². The molecular formula is C21H26LiOP. The Bertz CT molecular complexity index is 734. The SMILES string of the molecule is Cc1ccc(C)c([P-]C(=O)c2c(C)cc(C(C)(C)C)cc2C)c1.[Li+]. The minimum Gasteiger partial charge on any atom is -0.426 e. The molecule has 0 fully saturated rings. The first-order valence-corrected chi connectivity index (χ1v) is 8.94. The van der Waals surface area contributed by atoms with Crippen LogP contribution in [0.4, 0.5) is 0 Å². The van der Waals surface area contributed by atoms with Crippen LogP contribution in [0.15, 0.2) is 30.3 Å². The first-order valence-electron chi connectivity index (χ1n) is 8.04. The normalized spacial score (nSPS) is 11.6. The van der Waals surface area contributed by atoms with Crippen molar-refractivity contribution in [1.29, 1.82) is 0 Å². The molecule has 2 rings (SSSR count). The monoisotopic (exact) mass is 332 g/mol. The largest absolute Gasteiger partial charge is 1.00 e. The van der Waals surface area contributed by atoms with E-state index >= 15 is 0 Å². The molecule has 122 valence electrons. The van der Waals surface area contributed by atoms with Crippen molar-refractivity contribution >= 4 is 19.4 Å². The summed E-state index contributed by atoms with van der Waals surface area (Å²) in [6.07, 6.45) is 0. The Labute approximate surface area is 160 Å². The second-order valence-electron chi connectivity index (χ2n) is 7.44. The molecule has 0 bridgehead atoms. The Hall–Kier alpha value is -0.863. The Morgan fingerprint density at radius 1 is 0.875 bits per heavy atom. The number of benzene rings is 2. The summed E-state index contributed by atoms with van der Waals surface area (Å²) in [5.41, 5.74) is 6.98. The predicted molar refractivity (Wildman–Crippen MR) is 101 cm³/mol. The van der Waals surface area contributed by atoms with Crippen molar-refractivity contribution in [3.05, 3.63) is 63.7 Å². The van der Waals surface area contributed by atoms with Gasteiger partial charge in [-0.15, -0.1) is 0 Å². The van der Waals surface area contributed by atoms with Crippen LogP contribution in [0.25, 0.3) is 0 Å². The van der Waals surface area contributed by atoms with Crippen LogP contribution in [0.3, 0.4) is 0 Å². The third-order valence-electron chi connectivity index (χ3n) is 4.20. The summed E-state index contributed by atoms with van der Waals surface area (Å²) in [4.78, 5) is 12.9. The van der Waals surface area contributed by atoms with E-state index in [2.05, 4.69) is 65.0 Å². The maximum absolute atomic E-state index is 12.9. The summed E-state index contributed by atoms with van der Waals surface area (Å²) >= 11 is 0.